The minimum atomic E-state index is -4.30. The van der Waals surface area contributed by atoms with E-state index in [0.29, 0.717) is 24.0 Å². The molecule has 0 radical (unpaired) electrons. The van der Waals surface area contributed by atoms with E-state index in [1.807, 2.05) is 0 Å². The standard InChI is InChI=1S/C13H15F3N2O2/c14-13(15,16)10-3-1-2-4-11(10)17-12(19)9-5-7-18(20)8-6-9/h5-8,10-11H,1-4H2,(H,17,19)/t10-,11+/m0/s1. The molecular weight excluding hydrogens is 273 g/mol. The highest BCUT2D eigenvalue weighted by Gasteiger charge is 2.45. The van der Waals surface area contributed by atoms with Gasteiger partial charge in [0, 0.05) is 18.2 Å². The van der Waals surface area contributed by atoms with E-state index in [1.165, 1.54) is 12.1 Å². The zero-order chi connectivity index (χ0) is 14.8. The lowest BCUT2D eigenvalue weighted by molar-refractivity contribution is -0.605. The first-order valence-corrected chi connectivity index (χ1v) is 6.44. The highest BCUT2D eigenvalue weighted by atomic mass is 19.4. The van der Waals surface area contributed by atoms with Crippen LogP contribution in [-0.4, -0.2) is 18.1 Å². The van der Waals surface area contributed by atoms with Gasteiger partial charge in [-0.3, -0.25) is 4.79 Å². The lowest BCUT2D eigenvalue weighted by Crippen LogP contribution is -2.47. The number of nitrogens with zero attached hydrogens (tertiary/aromatic N) is 1. The molecule has 0 aliphatic heterocycles. The Hall–Kier alpha value is -1.79. The second-order valence-corrected chi connectivity index (χ2v) is 4.96. The molecule has 0 spiro atoms. The molecule has 0 bridgehead atoms. The minimum Gasteiger partial charge on any atom is -0.619 e. The molecule has 1 aromatic heterocycles. The molecule has 4 nitrogen and oxygen atoms in total. The van der Waals surface area contributed by atoms with Crippen LogP contribution in [0.15, 0.2) is 24.5 Å². The first kappa shape index (κ1) is 14.6. The first-order valence-electron chi connectivity index (χ1n) is 6.44. The third kappa shape index (κ3) is 3.40. The van der Waals surface area contributed by atoms with E-state index < -0.39 is 24.0 Å². The molecule has 1 saturated carbocycles. The predicted octanol–water partition coefficient (Wildman–Crippen LogP) is 2.17. The van der Waals surface area contributed by atoms with Gasteiger partial charge in [-0.25, -0.2) is 0 Å². The van der Waals surface area contributed by atoms with E-state index in [2.05, 4.69) is 5.32 Å². The Labute approximate surface area is 114 Å². The fourth-order valence-electron chi connectivity index (χ4n) is 2.51. The van der Waals surface area contributed by atoms with Crippen LogP contribution in [0.3, 0.4) is 0 Å². The van der Waals surface area contributed by atoms with Gasteiger partial charge >= 0.3 is 6.18 Å². The van der Waals surface area contributed by atoms with Gasteiger partial charge in [0.25, 0.3) is 5.91 Å². The summed E-state index contributed by atoms with van der Waals surface area (Å²) in [5, 5.41) is 13.3. The number of hydrogen-bond donors (Lipinski definition) is 1. The third-order valence-electron chi connectivity index (χ3n) is 3.57. The lowest BCUT2D eigenvalue weighted by atomic mass is 9.84. The van der Waals surface area contributed by atoms with Crippen LogP contribution in [0.1, 0.15) is 36.0 Å². The van der Waals surface area contributed by atoms with Crippen molar-refractivity contribution in [2.24, 2.45) is 5.92 Å². The zero-order valence-electron chi connectivity index (χ0n) is 10.7. The van der Waals surface area contributed by atoms with Crippen molar-refractivity contribution in [3.8, 4) is 0 Å². The average Bonchev–Trinajstić information content (AvgIpc) is 2.38. The number of amides is 1. The van der Waals surface area contributed by atoms with E-state index in [1.54, 1.807) is 0 Å². The molecule has 20 heavy (non-hydrogen) atoms. The number of alkyl halides is 3. The Bertz CT molecular complexity index is 473. The first-order chi connectivity index (χ1) is 9.38. The molecule has 2 rings (SSSR count). The number of halogens is 3. The molecule has 110 valence electrons. The maximum Gasteiger partial charge on any atom is 0.393 e. The molecular formula is C13H15F3N2O2. The van der Waals surface area contributed by atoms with Gasteiger partial charge in [-0.15, -0.1) is 0 Å². The Morgan fingerprint density at radius 2 is 1.85 bits per heavy atom. The summed E-state index contributed by atoms with van der Waals surface area (Å²) in [6.45, 7) is 0. The zero-order valence-corrected chi connectivity index (χ0v) is 10.7. The number of nitrogens with one attached hydrogen (secondary N) is 1. The van der Waals surface area contributed by atoms with Crippen LogP contribution in [-0.2, 0) is 0 Å². The van der Waals surface area contributed by atoms with E-state index >= 15 is 0 Å². The average molecular weight is 288 g/mol. The molecule has 1 aliphatic carbocycles. The summed E-state index contributed by atoms with van der Waals surface area (Å²) in [5.41, 5.74) is 0.184. The van der Waals surface area contributed by atoms with Gasteiger partial charge in [-0.2, -0.15) is 17.9 Å². The van der Waals surface area contributed by atoms with Gasteiger partial charge in [0.15, 0.2) is 12.4 Å². The summed E-state index contributed by atoms with van der Waals surface area (Å²) < 4.78 is 39.2. The van der Waals surface area contributed by atoms with Crippen molar-refractivity contribution < 1.29 is 22.7 Å². The van der Waals surface area contributed by atoms with Crippen LogP contribution in [0.2, 0.25) is 0 Å². The summed E-state index contributed by atoms with van der Waals surface area (Å²) in [4.78, 5) is 11.9. The minimum absolute atomic E-state index is 0.0454. The molecule has 0 aromatic carbocycles. The van der Waals surface area contributed by atoms with Crippen molar-refractivity contribution in [3.05, 3.63) is 35.3 Å². The molecule has 0 saturated heterocycles. The number of rotatable bonds is 2. The fraction of sp³-hybridized carbons (Fsp3) is 0.538. The molecule has 0 unspecified atom stereocenters. The van der Waals surface area contributed by atoms with E-state index in [9.17, 15) is 23.2 Å². The van der Waals surface area contributed by atoms with Gasteiger partial charge in [0.2, 0.25) is 0 Å². The monoisotopic (exact) mass is 288 g/mol. The van der Waals surface area contributed by atoms with Crippen molar-refractivity contribution in [2.45, 2.75) is 37.9 Å². The molecule has 7 heteroatoms. The highest BCUT2D eigenvalue weighted by Crippen LogP contribution is 2.37. The van der Waals surface area contributed by atoms with Gasteiger partial charge < -0.3 is 10.5 Å². The summed E-state index contributed by atoms with van der Waals surface area (Å²) in [6.07, 6.45) is -0.458. The van der Waals surface area contributed by atoms with Crippen LogP contribution in [0, 0.1) is 11.1 Å². The summed E-state index contributed by atoms with van der Waals surface area (Å²) >= 11 is 0. The van der Waals surface area contributed by atoms with Gasteiger partial charge in [0.1, 0.15) is 0 Å². The van der Waals surface area contributed by atoms with Crippen LogP contribution >= 0.6 is 0 Å². The van der Waals surface area contributed by atoms with E-state index in [0.717, 1.165) is 12.4 Å². The number of carbonyl (C=O) groups is 1. The van der Waals surface area contributed by atoms with E-state index in [-0.39, 0.29) is 12.0 Å². The van der Waals surface area contributed by atoms with Crippen LogP contribution < -0.4 is 10.0 Å². The molecule has 1 N–H and O–H groups in total. The number of pyridine rings is 1. The highest BCUT2D eigenvalue weighted by molar-refractivity contribution is 5.94. The van der Waals surface area contributed by atoms with Crippen LogP contribution in [0.4, 0.5) is 13.2 Å². The Morgan fingerprint density at radius 1 is 1.25 bits per heavy atom. The van der Waals surface area contributed by atoms with Crippen molar-refractivity contribution in [1.29, 1.82) is 0 Å². The smallest absolute Gasteiger partial charge is 0.393 e. The summed E-state index contributed by atoms with van der Waals surface area (Å²) in [6, 6.07) is 1.68. The molecule has 1 aliphatic rings. The van der Waals surface area contributed by atoms with Gasteiger partial charge in [-0.05, 0) is 12.8 Å². The SMILES string of the molecule is O=C(N[C@@H]1CCCC[C@@H]1C(F)(F)F)c1cc[n+]([O-])cc1. The topological polar surface area (TPSA) is 56.0 Å². The second-order valence-electron chi connectivity index (χ2n) is 4.96. The predicted molar refractivity (Wildman–Crippen MR) is 64.7 cm³/mol. The Balaban J connectivity index is 2.07. The van der Waals surface area contributed by atoms with E-state index in [4.69, 9.17) is 0 Å². The Kier molecular flexibility index (Phi) is 4.15. The third-order valence-corrected chi connectivity index (χ3v) is 3.57. The van der Waals surface area contributed by atoms with Crippen molar-refractivity contribution in [2.75, 3.05) is 0 Å². The van der Waals surface area contributed by atoms with Gasteiger partial charge in [0.05, 0.1) is 11.5 Å². The maximum atomic E-state index is 12.9. The maximum absolute atomic E-state index is 12.9. The number of hydrogen-bond acceptors (Lipinski definition) is 2. The lowest BCUT2D eigenvalue weighted by Gasteiger charge is -2.33. The molecule has 1 heterocycles. The van der Waals surface area contributed by atoms with Crippen molar-refractivity contribution in [3.63, 3.8) is 0 Å². The Morgan fingerprint density at radius 3 is 2.45 bits per heavy atom. The van der Waals surface area contributed by atoms with Crippen LogP contribution in [0.5, 0.6) is 0 Å². The molecule has 2 atom stereocenters. The quantitative estimate of drug-likeness (QED) is 0.670. The fourth-order valence-corrected chi connectivity index (χ4v) is 2.51. The summed E-state index contributed by atoms with van der Waals surface area (Å²) in [7, 11) is 0. The van der Waals surface area contributed by atoms with Gasteiger partial charge in [-0.1, -0.05) is 12.8 Å². The normalized spacial score (nSPS) is 23.4. The largest absolute Gasteiger partial charge is 0.619 e. The second kappa shape index (κ2) is 5.68. The summed E-state index contributed by atoms with van der Waals surface area (Å²) in [5.74, 6) is -2.07. The van der Waals surface area contributed by atoms with Crippen molar-refractivity contribution >= 4 is 5.91 Å². The number of carbonyl (C=O) groups excluding carboxylic acids is 1. The molecule has 1 amide bonds. The molecule has 1 aromatic rings. The van der Waals surface area contributed by atoms with Crippen LogP contribution in [0.25, 0.3) is 0 Å². The number of aromatic nitrogens is 1. The molecule has 1 fully saturated rings. The van der Waals surface area contributed by atoms with Crippen molar-refractivity contribution in [1.82, 2.24) is 5.32 Å².